The van der Waals surface area contributed by atoms with Crippen LogP contribution in [0.1, 0.15) is 15.9 Å². The Morgan fingerprint density at radius 2 is 1.88 bits per heavy atom. The van der Waals surface area contributed by atoms with Crippen LogP contribution in [0.3, 0.4) is 0 Å². The van der Waals surface area contributed by atoms with E-state index >= 15 is 0 Å². The molecule has 0 spiro atoms. The lowest BCUT2D eigenvalue weighted by molar-refractivity contribution is 0.102. The maximum absolute atomic E-state index is 12.6. The van der Waals surface area contributed by atoms with Crippen LogP contribution in [0.4, 0.5) is 0 Å². The predicted octanol–water partition coefficient (Wildman–Crippen LogP) is 5.58. The van der Waals surface area contributed by atoms with E-state index in [4.69, 9.17) is 0 Å². The van der Waals surface area contributed by atoms with E-state index in [2.05, 4.69) is 23.0 Å². The van der Waals surface area contributed by atoms with Crippen LogP contribution in [0.5, 0.6) is 0 Å². The summed E-state index contributed by atoms with van der Waals surface area (Å²) in [6.45, 7) is 2.05. The molecule has 4 aromatic rings. The SMILES string of the molecule is Br.Cc1ccc2nc(SCC(=O)c3cccc4ccccc34)[nH]c2c1. The number of rotatable bonds is 4. The minimum atomic E-state index is 0. The van der Waals surface area contributed by atoms with Gasteiger partial charge in [0.05, 0.1) is 16.8 Å². The molecule has 0 amide bonds. The highest BCUT2D eigenvalue weighted by Crippen LogP contribution is 2.24. The van der Waals surface area contributed by atoms with Gasteiger partial charge in [0.1, 0.15) is 0 Å². The van der Waals surface area contributed by atoms with Crippen LogP contribution in [-0.2, 0) is 0 Å². The number of thioether (sulfide) groups is 1. The van der Waals surface area contributed by atoms with Gasteiger partial charge in [0.25, 0.3) is 0 Å². The highest BCUT2D eigenvalue weighted by atomic mass is 79.9. The molecule has 0 saturated carbocycles. The van der Waals surface area contributed by atoms with Crippen molar-refractivity contribution in [3.63, 3.8) is 0 Å². The molecule has 1 heterocycles. The minimum Gasteiger partial charge on any atom is -0.333 e. The minimum absolute atomic E-state index is 0. The Labute approximate surface area is 160 Å². The fourth-order valence-corrected chi connectivity index (χ4v) is 3.62. The Hall–Kier alpha value is -2.11. The number of ketones is 1. The Morgan fingerprint density at radius 3 is 2.76 bits per heavy atom. The van der Waals surface area contributed by atoms with Crippen LogP contribution in [0.25, 0.3) is 21.8 Å². The highest BCUT2D eigenvalue weighted by Gasteiger charge is 2.12. The summed E-state index contributed by atoms with van der Waals surface area (Å²) in [5.74, 6) is 0.487. The van der Waals surface area contributed by atoms with Crippen molar-refractivity contribution >= 4 is 56.3 Å². The number of fused-ring (bicyclic) bond motifs is 2. The first kappa shape index (κ1) is 17.7. The van der Waals surface area contributed by atoms with Crippen molar-refractivity contribution in [1.82, 2.24) is 9.97 Å². The molecule has 0 bridgehead atoms. The zero-order valence-electron chi connectivity index (χ0n) is 13.7. The van der Waals surface area contributed by atoms with Gasteiger partial charge in [-0.3, -0.25) is 4.79 Å². The summed E-state index contributed by atoms with van der Waals surface area (Å²) in [6.07, 6.45) is 0. The zero-order valence-corrected chi connectivity index (χ0v) is 16.2. The number of Topliss-reactive ketones (excluding diaryl/α,β-unsaturated/α-hetero) is 1. The number of aryl methyl sites for hydroxylation is 1. The van der Waals surface area contributed by atoms with Gasteiger partial charge in [-0.25, -0.2) is 4.98 Å². The molecule has 3 nitrogen and oxygen atoms in total. The van der Waals surface area contributed by atoms with Crippen molar-refractivity contribution in [1.29, 1.82) is 0 Å². The average Bonchev–Trinajstić information content (AvgIpc) is 3.01. The summed E-state index contributed by atoms with van der Waals surface area (Å²) in [6, 6.07) is 19.9. The summed E-state index contributed by atoms with van der Waals surface area (Å²) in [5, 5.41) is 2.88. The van der Waals surface area contributed by atoms with E-state index in [9.17, 15) is 4.79 Å². The first-order valence-corrected chi connectivity index (χ1v) is 8.79. The lowest BCUT2D eigenvalue weighted by atomic mass is 10.0. The van der Waals surface area contributed by atoms with Crippen molar-refractivity contribution in [2.75, 3.05) is 5.75 Å². The van der Waals surface area contributed by atoms with E-state index in [1.54, 1.807) is 0 Å². The number of nitrogens with zero attached hydrogens (tertiary/aromatic N) is 1. The van der Waals surface area contributed by atoms with Crippen LogP contribution in [-0.4, -0.2) is 21.5 Å². The van der Waals surface area contributed by atoms with Crippen molar-refractivity contribution in [3.05, 3.63) is 71.8 Å². The Kier molecular flexibility index (Phi) is 5.25. The number of H-pyrrole nitrogens is 1. The predicted molar refractivity (Wildman–Crippen MR) is 110 cm³/mol. The summed E-state index contributed by atoms with van der Waals surface area (Å²) in [7, 11) is 0. The van der Waals surface area contributed by atoms with Crippen molar-refractivity contribution in [2.45, 2.75) is 12.1 Å². The Balaban J connectivity index is 0.00000182. The van der Waals surface area contributed by atoms with Gasteiger partial charge in [-0.15, -0.1) is 17.0 Å². The number of aromatic amines is 1. The normalized spacial score (nSPS) is 10.8. The van der Waals surface area contributed by atoms with Gasteiger partial charge < -0.3 is 4.98 Å². The van der Waals surface area contributed by atoms with Crippen LogP contribution < -0.4 is 0 Å². The van der Waals surface area contributed by atoms with Crippen molar-refractivity contribution in [3.8, 4) is 0 Å². The van der Waals surface area contributed by atoms with E-state index in [0.29, 0.717) is 5.75 Å². The van der Waals surface area contributed by atoms with E-state index < -0.39 is 0 Å². The molecular formula is C20H17BrN2OS. The smallest absolute Gasteiger partial charge is 0.173 e. The quantitative estimate of drug-likeness (QED) is 0.351. The van der Waals surface area contributed by atoms with Crippen molar-refractivity contribution in [2.24, 2.45) is 0 Å². The Bertz CT molecular complexity index is 1050. The van der Waals surface area contributed by atoms with Crippen molar-refractivity contribution < 1.29 is 4.79 Å². The molecule has 126 valence electrons. The second-order valence-electron chi connectivity index (χ2n) is 5.80. The third-order valence-corrected chi connectivity index (χ3v) is 4.92. The zero-order chi connectivity index (χ0) is 16.5. The van der Waals surface area contributed by atoms with E-state index in [1.165, 1.54) is 17.3 Å². The topological polar surface area (TPSA) is 45.8 Å². The summed E-state index contributed by atoms with van der Waals surface area (Å²) >= 11 is 1.45. The molecule has 0 radical (unpaired) electrons. The number of carbonyl (C=O) groups excluding carboxylic acids is 1. The summed E-state index contributed by atoms with van der Waals surface area (Å²) < 4.78 is 0. The molecule has 5 heteroatoms. The molecule has 0 atom stereocenters. The number of nitrogens with one attached hydrogen (secondary N) is 1. The number of hydrogen-bond acceptors (Lipinski definition) is 3. The first-order chi connectivity index (χ1) is 11.7. The van der Waals surface area contributed by atoms with E-state index in [1.807, 2.05) is 54.6 Å². The van der Waals surface area contributed by atoms with E-state index in [0.717, 1.165) is 32.5 Å². The summed E-state index contributed by atoms with van der Waals surface area (Å²) in [5.41, 5.74) is 3.90. The number of aromatic nitrogens is 2. The second kappa shape index (κ2) is 7.42. The molecule has 0 fully saturated rings. The van der Waals surface area contributed by atoms with Crippen LogP contribution >= 0.6 is 28.7 Å². The standard InChI is InChI=1S/C20H16N2OS.BrH/c1-13-9-10-17-18(11-13)22-20(21-17)24-12-19(23)16-8-4-6-14-5-2-3-7-15(14)16;/h2-11H,12H2,1H3,(H,21,22);1H. The highest BCUT2D eigenvalue weighted by molar-refractivity contribution is 8.93. The van der Waals surface area contributed by atoms with Gasteiger partial charge in [0.15, 0.2) is 10.9 Å². The maximum Gasteiger partial charge on any atom is 0.173 e. The molecule has 0 aliphatic carbocycles. The molecule has 1 aromatic heterocycles. The van der Waals surface area contributed by atoms with Gasteiger partial charge in [0, 0.05) is 5.56 Å². The number of carbonyl (C=O) groups is 1. The molecule has 0 saturated heterocycles. The van der Waals surface area contributed by atoms with Gasteiger partial charge in [-0.1, -0.05) is 60.3 Å². The second-order valence-corrected chi connectivity index (χ2v) is 6.77. The third-order valence-electron chi connectivity index (χ3n) is 4.05. The molecule has 0 unspecified atom stereocenters. The number of benzene rings is 3. The summed E-state index contributed by atoms with van der Waals surface area (Å²) in [4.78, 5) is 20.5. The molecule has 3 aromatic carbocycles. The van der Waals surface area contributed by atoms with Crippen LogP contribution in [0, 0.1) is 6.92 Å². The van der Waals surface area contributed by atoms with Crippen LogP contribution in [0.15, 0.2) is 65.8 Å². The fraction of sp³-hybridized carbons (Fsp3) is 0.100. The fourth-order valence-electron chi connectivity index (χ4n) is 2.85. The number of halogens is 1. The molecule has 4 rings (SSSR count). The average molecular weight is 413 g/mol. The number of hydrogen-bond donors (Lipinski definition) is 1. The largest absolute Gasteiger partial charge is 0.333 e. The monoisotopic (exact) mass is 412 g/mol. The number of imidazole rings is 1. The molecule has 1 N–H and O–H groups in total. The van der Waals surface area contributed by atoms with Gasteiger partial charge in [-0.2, -0.15) is 0 Å². The lowest BCUT2D eigenvalue weighted by Gasteiger charge is -2.04. The van der Waals surface area contributed by atoms with Gasteiger partial charge >= 0.3 is 0 Å². The van der Waals surface area contributed by atoms with Crippen LogP contribution in [0.2, 0.25) is 0 Å². The molecular weight excluding hydrogens is 396 g/mol. The van der Waals surface area contributed by atoms with E-state index in [-0.39, 0.29) is 22.8 Å². The maximum atomic E-state index is 12.6. The molecule has 25 heavy (non-hydrogen) atoms. The Morgan fingerprint density at radius 1 is 1.08 bits per heavy atom. The molecule has 0 aliphatic rings. The third kappa shape index (κ3) is 3.62. The van der Waals surface area contributed by atoms with Gasteiger partial charge in [0.2, 0.25) is 0 Å². The van der Waals surface area contributed by atoms with Gasteiger partial charge in [-0.05, 0) is 35.4 Å². The first-order valence-electron chi connectivity index (χ1n) is 7.81. The molecule has 0 aliphatic heterocycles. The lowest BCUT2D eigenvalue weighted by Crippen LogP contribution is -2.03.